The molecule has 20 heavy (non-hydrogen) atoms. The summed E-state index contributed by atoms with van der Waals surface area (Å²) in [4.78, 5) is 13.3. The largest absolute Gasteiger partial charge is 0.449 e. The molecule has 0 heterocycles. The number of hydrogen-bond donors (Lipinski definition) is 1. The number of ether oxygens (including phenoxy) is 1. The van der Waals surface area contributed by atoms with E-state index in [9.17, 15) is 4.79 Å². The smallest absolute Gasteiger partial charge is 0.409 e. The van der Waals surface area contributed by atoms with Gasteiger partial charge in [0.15, 0.2) is 0 Å². The first-order valence-corrected chi connectivity index (χ1v) is 8.31. The lowest BCUT2D eigenvalue weighted by atomic mass is 10.2. The number of carbonyl (C=O) groups is 1. The van der Waals surface area contributed by atoms with Crippen molar-refractivity contribution in [3.05, 3.63) is 0 Å². The minimum absolute atomic E-state index is 0.200. The Hall–Kier alpha value is -0.770. The van der Waals surface area contributed by atoms with Gasteiger partial charge in [0.1, 0.15) is 0 Å². The number of rotatable bonds is 13. The highest BCUT2D eigenvalue weighted by Crippen LogP contribution is 2.00. The maximum Gasteiger partial charge on any atom is 0.409 e. The van der Waals surface area contributed by atoms with Crippen LogP contribution < -0.4 is 5.32 Å². The van der Waals surface area contributed by atoms with Gasteiger partial charge in [-0.1, -0.05) is 52.4 Å². The highest BCUT2D eigenvalue weighted by atomic mass is 16.6. The molecule has 0 atom stereocenters. The van der Waals surface area contributed by atoms with E-state index in [-0.39, 0.29) is 6.09 Å². The highest BCUT2D eigenvalue weighted by Gasteiger charge is 2.08. The van der Waals surface area contributed by atoms with Crippen LogP contribution in [-0.2, 0) is 4.74 Å². The lowest BCUT2D eigenvalue weighted by Crippen LogP contribution is -2.34. The van der Waals surface area contributed by atoms with Crippen molar-refractivity contribution >= 4 is 6.09 Å². The van der Waals surface area contributed by atoms with Crippen LogP contribution in [0, 0.1) is 0 Å². The highest BCUT2D eigenvalue weighted by molar-refractivity contribution is 5.67. The van der Waals surface area contributed by atoms with Gasteiger partial charge in [0.2, 0.25) is 0 Å². The number of nitrogens with one attached hydrogen (secondary N) is 1. The lowest BCUT2D eigenvalue weighted by molar-refractivity contribution is 0.109. The Bertz CT molecular complexity index is 223. The van der Waals surface area contributed by atoms with Gasteiger partial charge >= 0.3 is 6.09 Å². The van der Waals surface area contributed by atoms with Crippen molar-refractivity contribution in [2.45, 2.75) is 65.2 Å². The van der Waals surface area contributed by atoms with Gasteiger partial charge in [-0.05, 0) is 19.4 Å². The van der Waals surface area contributed by atoms with Crippen LogP contribution in [-0.4, -0.2) is 44.3 Å². The van der Waals surface area contributed by atoms with Crippen LogP contribution in [0.5, 0.6) is 0 Å². The molecular formula is C16H34N2O2. The van der Waals surface area contributed by atoms with Gasteiger partial charge < -0.3 is 15.0 Å². The molecule has 0 aliphatic rings. The molecule has 4 nitrogen and oxygen atoms in total. The zero-order chi connectivity index (χ0) is 15.1. The zero-order valence-corrected chi connectivity index (χ0v) is 13.7. The third kappa shape index (κ3) is 12.3. The first-order chi connectivity index (χ1) is 9.72. The van der Waals surface area contributed by atoms with Gasteiger partial charge in [-0.25, -0.2) is 4.79 Å². The summed E-state index contributed by atoms with van der Waals surface area (Å²) in [5.74, 6) is 0. The summed E-state index contributed by atoms with van der Waals surface area (Å²) < 4.78 is 5.22. The Morgan fingerprint density at radius 1 is 0.950 bits per heavy atom. The molecule has 0 aliphatic carbocycles. The summed E-state index contributed by atoms with van der Waals surface area (Å²) in [5.41, 5.74) is 0. The molecule has 0 aromatic carbocycles. The van der Waals surface area contributed by atoms with Crippen LogP contribution in [0.1, 0.15) is 65.2 Å². The van der Waals surface area contributed by atoms with Crippen LogP contribution >= 0.6 is 0 Å². The Morgan fingerprint density at radius 3 is 2.25 bits per heavy atom. The summed E-state index contributed by atoms with van der Waals surface area (Å²) in [6, 6.07) is 0. The zero-order valence-electron chi connectivity index (χ0n) is 13.7. The van der Waals surface area contributed by atoms with E-state index in [1.165, 1.54) is 38.5 Å². The quantitative estimate of drug-likeness (QED) is 0.524. The van der Waals surface area contributed by atoms with E-state index in [4.69, 9.17) is 4.74 Å². The first-order valence-electron chi connectivity index (χ1n) is 8.31. The minimum atomic E-state index is -0.200. The Balaban J connectivity index is 3.36. The van der Waals surface area contributed by atoms with Crippen molar-refractivity contribution in [1.29, 1.82) is 0 Å². The predicted molar refractivity (Wildman–Crippen MR) is 85.1 cm³/mol. The second-order valence-electron chi connectivity index (χ2n) is 5.41. The number of carbonyl (C=O) groups excluding carboxylic acids is 1. The first kappa shape index (κ1) is 19.2. The monoisotopic (exact) mass is 286 g/mol. The number of likely N-dealkylation sites (N-methyl/N-ethyl adjacent to an activating group) is 1. The Morgan fingerprint density at radius 2 is 1.60 bits per heavy atom. The third-order valence-electron chi connectivity index (χ3n) is 3.37. The summed E-state index contributed by atoms with van der Waals surface area (Å²) in [7, 11) is 1.80. The summed E-state index contributed by atoms with van der Waals surface area (Å²) in [6.45, 7) is 7.54. The Kier molecular flexibility index (Phi) is 14.1. The van der Waals surface area contributed by atoms with E-state index in [2.05, 4.69) is 19.2 Å². The van der Waals surface area contributed by atoms with Crippen molar-refractivity contribution < 1.29 is 9.53 Å². The van der Waals surface area contributed by atoms with Crippen LogP contribution in [0.3, 0.4) is 0 Å². The molecule has 0 fully saturated rings. The SMILES string of the molecule is CCCCCCNCCN(C)C(=O)OCCCCCC. The molecular weight excluding hydrogens is 252 g/mol. The lowest BCUT2D eigenvalue weighted by Gasteiger charge is -2.17. The maximum absolute atomic E-state index is 11.7. The van der Waals surface area contributed by atoms with E-state index in [1.54, 1.807) is 11.9 Å². The molecule has 120 valence electrons. The number of hydrogen-bond acceptors (Lipinski definition) is 3. The van der Waals surface area contributed by atoms with Crippen molar-refractivity contribution in [1.82, 2.24) is 10.2 Å². The summed E-state index contributed by atoms with van der Waals surface area (Å²) >= 11 is 0. The molecule has 0 aromatic rings. The third-order valence-corrected chi connectivity index (χ3v) is 3.37. The van der Waals surface area contributed by atoms with E-state index in [0.29, 0.717) is 13.2 Å². The molecule has 0 aliphatic heterocycles. The Labute approximate surface area is 125 Å². The van der Waals surface area contributed by atoms with Crippen LogP contribution in [0.2, 0.25) is 0 Å². The van der Waals surface area contributed by atoms with Crippen molar-refractivity contribution in [3.8, 4) is 0 Å². The van der Waals surface area contributed by atoms with E-state index in [0.717, 1.165) is 25.9 Å². The molecule has 0 unspecified atom stereocenters. The second-order valence-corrected chi connectivity index (χ2v) is 5.41. The molecule has 0 aromatic heterocycles. The van der Waals surface area contributed by atoms with Gasteiger partial charge in [0.05, 0.1) is 6.61 Å². The predicted octanol–water partition coefficient (Wildman–Crippen LogP) is 3.81. The van der Waals surface area contributed by atoms with Crippen molar-refractivity contribution in [2.24, 2.45) is 0 Å². The van der Waals surface area contributed by atoms with Crippen LogP contribution in [0.4, 0.5) is 4.79 Å². The van der Waals surface area contributed by atoms with E-state index >= 15 is 0 Å². The fourth-order valence-corrected chi connectivity index (χ4v) is 1.94. The minimum Gasteiger partial charge on any atom is -0.449 e. The van der Waals surface area contributed by atoms with Crippen molar-refractivity contribution in [3.63, 3.8) is 0 Å². The number of amides is 1. The van der Waals surface area contributed by atoms with Gasteiger partial charge in [0.25, 0.3) is 0 Å². The standard InChI is InChI=1S/C16H34N2O2/c1-4-6-8-10-12-17-13-14-18(3)16(19)20-15-11-9-7-5-2/h17H,4-15H2,1-3H3. The maximum atomic E-state index is 11.7. The molecule has 4 heteroatoms. The average Bonchev–Trinajstić information content (AvgIpc) is 2.45. The molecule has 0 bridgehead atoms. The molecule has 0 radical (unpaired) electrons. The fourth-order valence-electron chi connectivity index (χ4n) is 1.94. The molecule has 0 spiro atoms. The van der Waals surface area contributed by atoms with Gasteiger partial charge in [0, 0.05) is 20.1 Å². The average molecular weight is 286 g/mol. The molecule has 0 saturated heterocycles. The van der Waals surface area contributed by atoms with Crippen LogP contribution in [0.25, 0.3) is 0 Å². The van der Waals surface area contributed by atoms with Gasteiger partial charge in [-0.2, -0.15) is 0 Å². The fraction of sp³-hybridized carbons (Fsp3) is 0.938. The summed E-state index contributed by atoms with van der Waals surface area (Å²) in [6.07, 6.45) is 9.44. The topological polar surface area (TPSA) is 41.6 Å². The molecule has 0 saturated carbocycles. The summed E-state index contributed by atoms with van der Waals surface area (Å²) in [5, 5.41) is 3.36. The second kappa shape index (κ2) is 14.6. The van der Waals surface area contributed by atoms with Crippen LogP contribution in [0.15, 0.2) is 0 Å². The molecule has 1 N–H and O–H groups in total. The van der Waals surface area contributed by atoms with Gasteiger partial charge in [-0.3, -0.25) is 0 Å². The van der Waals surface area contributed by atoms with Gasteiger partial charge in [-0.15, -0.1) is 0 Å². The van der Waals surface area contributed by atoms with Crippen molar-refractivity contribution in [2.75, 3.05) is 33.3 Å². The van der Waals surface area contributed by atoms with E-state index < -0.39 is 0 Å². The number of nitrogens with zero attached hydrogens (tertiary/aromatic N) is 1. The molecule has 1 amide bonds. The normalized spacial score (nSPS) is 10.6. The number of unbranched alkanes of at least 4 members (excludes halogenated alkanes) is 6. The van der Waals surface area contributed by atoms with E-state index in [1.807, 2.05) is 0 Å². The molecule has 0 rings (SSSR count).